The van der Waals surface area contributed by atoms with E-state index in [-0.39, 0.29) is 22.3 Å². The van der Waals surface area contributed by atoms with Gasteiger partial charge in [-0.1, -0.05) is 47.5 Å². The van der Waals surface area contributed by atoms with Crippen molar-refractivity contribution in [1.29, 1.82) is 0 Å². The van der Waals surface area contributed by atoms with Gasteiger partial charge < -0.3 is 4.42 Å². The van der Waals surface area contributed by atoms with Gasteiger partial charge in [-0.2, -0.15) is 0 Å². The summed E-state index contributed by atoms with van der Waals surface area (Å²) >= 11 is 16.7. The minimum absolute atomic E-state index is 0.0631. The minimum atomic E-state index is -3.40. The quantitative estimate of drug-likeness (QED) is 0.522. The number of hydrogen-bond donors (Lipinski definition) is 1. The highest BCUT2D eigenvalue weighted by Crippen LogP contribution is 2.25. The van der Waals surface area contributed by atoms with Crippen LogP contribution < -0.4 is 0 Å². The van der Waals surface area contributed by atoms with Gasteiger partial charge >= 0.3 is 0 Å². The van der Waals surface area contributed by atoms with Gasteiger partial charge in [-0.3, -0.25) is 0 Å². The van der Waals surface area contributed by atoms with Crippen LogP contribution in [0.4, 0.5) is 0 Å². The smallest absolute Gasteiger partial charge is 0.284 e. The van der Waals surface area contributed by atoms with Gasteiger partial charge in [0.25, 0.3) is 4.84 Å². The van der Waals surface area contributed by atoms with E-state index in [1.54, 1.807) is 36.4 Å². The Morgan fingerprint density at radius 3 is 2.19 bits per heavy atom. The van der Waals surface area contributed by atoms with Crippen LogP contribution in [0, 0.1) is 4.84 Å². The Morgan fingerprint density at radius 2 is 1.63 bits per heavy atom. The van der Waals surface area contributed by atoms with Gasteiger partial charge in [-0.05, 0) is 47.6 Å². The first-order valence-corrected chi connectivity index (χ1v) is 11.0. The molecule has 1 heterocycles. The van der Waals surface area contributed by atoms with E-state index in [4.69, 9.17) is 39.8 Å². The predicted molar refractivity (Wildman–Crippen MR) is 109 cm³/mol. The third-order valence-corrected chi connectivity index (χ3v) is 6.36. The number of H-pyrrole nitrogens is 1. The second-order valence-electron chi connectivity index (χ2n) is 6.14. The molecule has 1 unspecified atom stereocenters. The summed E-state index contributed by atoms with van der Waals surface area (Å²) in [6, 6.07) is 13.9. The maximum Gasteiger partial charge on any atom is 0.284 e. The topological polar surface area (TPSA) is 76.0 Å². The number of rotatable bonds is 7. The molecule has 2 aromatic carbocycles. The first kappa shape index (κ1) is 20.1. The lowest BCUT2D eigenvalue weighted by molar-refractivity contribution is 0.465. The van der Waals surface area contributed by atoms with E-state index in [2.05, 4.69) is 10.2 Å². The predicted octanol–water partition coefficient (Wildman–Crippen LogP) is 4.98. The lowest BCUT2D eigenvalue weighted by Crippen LogP contribution is -2.18. The molecule has 142 valence electrons. The van der Waals surface area contributed by atoms with Crippen LogP contribution in [0.2, 0.25) is 10.0 Å². The molecule has 1 N–H and O–H groups in total. The van der Waals surface area contributed by atoms with Crippen molar-refractivity contribution >= 4 is 45.3 Å². The third kappa shape index (κ3) is 5.90. The van der Waals surface area contributed by atoms with Crippen LogP contribution in [-0.2, 0) is 22.0 Å². The number of aromatic amines is 1. The van der Waals surface area contributed by atoms with E-state index in [1.807, 2.05) is 12.1 Å². The highest BCUT2D eigenvalue weighted by atomic mass is 35.5. The molecule has 0 bridgehead atoms. The molecule has 3 aromatic rings. The highest BCUT2D eigenvalue weighted by Gasteiger charge is 2.23. The van der Waals surface area contributed by atoms with Crippen LogP contribution in [0.15, 0.2) is 52.9 Å². The number of sulfone groups is 1. The van der Waals surface area contributed by atoms with E-state index in [0.717, 1.165) is 5.56 Å². The van der Waals surface area contributed by atoms with Crippen molar-refractivity contribution in [2.75, 3.05) is 5.75 Å². The van der Waals surface area contributed by atoms with Gasteiger partial charge in [0.1, 0.15) is 0 Å². The second kappa shape index (κ2) is 8.56. The van der Waals surface area contributed by atoms with Crippen molar-refractivity contribution in [2.24, 2.45) is 0 Å². The number of nitrogens with zero attached hydrogens (tertiary/aromatic N) is 1. The Hall–Kier alpha value is -1.67. The lowest BCUT2D eigenvalue weighted by atomic mass is 9.98. The fourth-order valence-corrected chi connectivity index (χ4v) is 4.90. The van der Waals surface area contributed by atoms with Gasteiger partial charge in [0.05, 0.1) is 11.5 Å². The van der Waals surface area contributed by atoms with Crippen molar-refractivity contribution < 1.29 is 12.8 Å². The Morgan fingerprint density at radius 1 is 1.04 bits per heavy atom. The second-order valence-corrected chi connectivity index (χ2v) is 9.49. The van der Waals surface area contributed by atoms with Crippen LogP contribution in [0.1, 0.15) is 22.9 Å². The van der Waals surface area contributed by atoms with Gasteiger partial charge in [0.2, 0.25) is 5.89 Å². The molecule has 0 aliphatic carbocycles. The maximum absolute atomic E-state index is 12.8. The van der Waals surface area contributed by atoms with Crippen molar-refractivity contribution in [1.82, 2.24) is 10.2 Å². The fraction of sp³-hybridized carbons (Fsp3) is 0.222. The summed E-state index contributed by atoms with van der Waals surface area (Å²) in [4.78, 5) is 0.156. The highest BCUT2D eigenvalue weighted by molar-refractivity contribution is 7.90. The normalized spacial score (nSPS) is 12.8. The number of hydrogen-bond acceptors (Lipinski definition) is 5. The van der Waals surface area contributed by atoms with Crippen molar-refractivity contribution in [3.05, 3.63) is 80.4 Å². The molecule has 0 fully saturated rings. The zero-order valence-electron chi connectivity index (χ0n) is 14.1. The van der Waals surface area contributed by atoms with Crippen molar-refractivity contribution in [3.63, 3.8) is 0 Å². The molecule has 0 radical (unpaired) electrons. The summed E-state index contributed by atoms with van der Waals surface area (Å²) in [6.45, 7) is 0. The van der Waals surface area contributed by atoms with Crippen LogP contribution in [-0.4, -0.2) is 24.4 Å². The molecule has 27 heavy (non-hydrogen) atoms. The van der Waals surface area contributed by atoms with E-state index >= 15 is 0 Å². The molecule has 0 aliphatic heterocycles. The molecule has 0 spiro atoms. The molecule has 5 nitrogen and oxygen atoms in total. The van der Waals surface area contributed by atoms with Gasteiger partial charge in [-0.25, -0.2) is 13.5 Å². The van der Waals surface area contributed by atoms with Crippen LogP contribution in [0.25, 0.3) is 0 Å². The zero-order chi connectivity index (χ0) is 19.4. The van der Waals surface area contributed by atoms with Crippen LogP contribution in [0.3, 0.4) is 0 Å². The fourth-order valence-electron chi connectivity index (χ4n) is 2.77. The Labute approximate surface area is 172 Å². The SMILES string of the molecule is O=S(=O)(Cc1ccc(Cl)cc1)CC(Cc1n[nH]c(=S)o1)c1ccc(Cl)cc1. The summed E-state index contributed by atoms with van der Waals surface area (Å²) in [5, 5.41) is 7.70. The molecular formula is C18H16Cl2N2O3S2. The van der Waals surface area contributed by atoms with Crippen LogP contribution in [0.5, 0.6) is 0 Å². The number of nitrogens with one attached hydrogen (secondary N) is 1. The largest absolute Gasteiger partial charge is 0.414 e. The molecule has 3 rings (SSSR count). The van der Waals surface area contributed by atoms with Gasteiger partial charge in [-0.15, -0.1) is 5.10 Å². The molecule has 0 saturated heterocycles. The maximum atomic E-state index is 12.8. The average molecular weight is 443 g/mol. The minimum Gasteiger partial charge on any atom is -0.414 e. The van der Waals surface area contributed by atoms with Gasteiger partial charge in [0, 0.05) is 22.4 Å². The average Bonchev–Trinajstić information content (AvgIpc) is 3.01. The third-order valence-electron chi connectivity index (χ3n) is 4.00. The van der Waals surface area contributed by atoms with Crippen LogP contribution >= 0.6 is 35.4 Å². The molecule has 0 amide bonds. The standard InChI is InChI=1S/C18H16Cl2N2O3S2/c19-15-5-1-12(2-6-15)10-27(23,24)11-14(9-17-21-22-18(26)25-17)13-3-7-16(20)8-4-13/h1-8,14H,9-11H2,(H,22,26). The first-order chi connectivity index (χ1) is 12.8. The number of halogens is 2. The Kier molecular flexibility index (Phi) is 6.37. The molecule has 0 aliphatic rings. The van der Waals surface area contributed by atoms with E-state index in [9.17, 15) is 8.42 Å². The molecule has 9 heteroatoms. The summed E-state index contributed by atoms with van der Waals surface area (Å²) in [6.07, 6.45) is 0.300. The summed E-state index contributed by atoms with van der Waals surface area (Å²) in [7, 11) is -3.40. The molecule has 1 aromatic heterocycles. The summed E-state index contributed by atoms with van der Waals surface area (Å²) < 4.78 is 30.9. The van der Waals surface area contributed by atoms with E-state index in [1.165, 1.54) is 0 Å². The van der Waals surface area contributed by atoms with E-state index < -0.39 is 9.84 Å². The number of aromatic nitrogens is 2. The Bertz CT molecular complexity index is 1060. The summed E-state index contributed by atoms with van der Waals surface area (Å²) in [5.41, 5.74) is 1.52. The molecule has 1 atom stereocenters. The van der Waals surface area contributed by atoms with E-state index in [0.29, 0.717) is 27.9 Å². The molecular weight excluding hydrogens is 427 g/mol. The lowest BCUT2D eigenvalue weighted by Gasteiger charge is -2.16. The Balaban J connectivity index is 1.83. The number of benzene rings is 2. The molecule has 0 saturated carbocycles. The van der Waals surface area contributed by atoms with Crippen molar-refractivity contribution in [3.8, 4) is 0 Å². The van der Waals surface area contributed by atoms with Gasteiger partial charge in [0.15, 0.2) is 9.84 Å². The monoisotopic (exact) mass is 442 g/mol. The van der Waals surface area contributed by atoms with Crippen molar-refractivity contribution in [2.45, 2.75) is 18.1 Å². The zero-order valence-corrected chi connectivity index (χ0v) is 17.2. The first-order valence-electron chi connectivity index (χ1n) is 8.05. The summed E-state index contributed by atoms with van der Waals surface area (Å²) in [5.74, 6) is -0.118.